The Balaban J connectivity index is 2.90. The highest BCUT2D eigenvalue weighted by molar-refractivity contribution is 7.98. The predicted molar refractivity (Wildman–Crippen MR) is 124 cm³/mol. The van der Waals surface area contributed by atoms with Gasteiger partial charge in [-0.3, -0.25) is 19.2 Å². The van der Waals surface area contributed by atoms with Crippen LogP contribution in [0.5, 0.6) is 0 Å². The summed E-state index contributed by atoms with van der Waals surface area (Å²) in [5, 5.41) is 14.2. The minimum Gasteiger partial charge on any atom is -0.480 e. The number of thioether (sulfide) groups is 2. The monoisotopic (exact) mass is 491 g/mol. The number of hydrogen-bond acceptors (Lipinski definition) is 8. The molecule has 1 rings (SSSR count). The van der Waals surface area contributed by atoms with E-state index in [1.54, 1.807) is 11.8 Å². The van der Waals surface area contributed by atoms with Crippen LogP contribution >= 0.6 is 23.5 Å². The molecule has 4 atom stereocenters. The van der Waals surface area contributed by atoms with Crippen molar-refractivity contribution in [3.63, 3.8) is 0 Å². The molecule has 4 unspecified atom stereocenters. The van der Waals surface area contributed by atoms with Crippen molar-refractivity contribution < 1.29 is 29.1 Å². The highest BCUT2D eigenvalue weighted by Gasteiger charge is 2.39. The number of nitrogens with one attached hydrogen (secondary N) is 2. The summed E-state index contributed by atoms with van der Waals surface area (Å²) < 4.78 is 0. The van der Waals surface area contributed by atoms with Gasteiger partial charge in [0, 0.05) is 6.54 Å². The summed E-state index contributed by atoms with van der Waals surface area (Å²) in [6, 6.07) is -3.95. The first-order valence-electron chi connectivity index (χ1n) is 10.3. The molecule has 182 valence electrons. The van der Waals surface area contributed by atoms with E-state index in [0.717, 1.165) is 0 Å². The van der Waals surface area contributed by atoms with E-state index in [4.69, 9.17) is 11.5 Å². The van der Waals surface area contributed by atoms with Crippen LogP contribution in [0.1, 0.15) is 32.1 Å². The summed E-state index contributed by atoms with van der Waals surface area (Å²) in [5.41, 5.74) is 11.0. The molecule has 4 amide bonds. The molecule has 0 spiro atoms. The van der Waals surface area contributed by atoms with Gasteiger partial charge in [0.25, 0.3) is 0 Å². The average Bonchev–Trinajstić information content (AvgIpc) is 3.23. The summed E-state index contributed by atoms with van der Waals surface area (Å²) in [5.74, 6) is -2.44. The molecule has 0 aromatic carbocycles. The van der Waals surface area contributed by atoms with Crippen LogP contribution in [0.2, 0.25) is 0 Å². The molecule has 32 heavy (non-hydrogen) atoms. The largest absolute Gasteiger partial charge is 0.480 e. The highest BCUT2D eigenvalue weighted by atomic mass is 32.2. The maximum Gasteiger partial charge on any atom is 0.326 e. The Hall–Kier alpha value is -1.99. The second kappa shape index (κ2) is 14.2. The van der Waals surface area contributed by atoms with E-state index in [-0.39, 0.29) is 0 Å². The number of hydrogen-bond donors (Lipinski definition) is 5. The smallest absolute Gasteiger partial charge is 0.326 e. The van der Waals surface area contributed by atoms with E-state index in [1.165, 1.54) is 16.7 Å². The quantitative estimate of drug-likeness (QED) is 0.198. The molecule has 1 fully saturated rings. The van der Waals surface area contributed by atoms with E-state index < -0.39 is 60.2 Å². The van der Waals surface area contributed by atoms with Crippen molar-refractivity contribution in [1.82, 2.24) is 15.5 Å². The van der Waals surface area contributed by atoms with Gasteiger partial charge in [-0.1, -0.05) is 0 Å². The van der Waals surface area contributed by atoms with Crippen LogP contribution in [0, 0.1) is 0 Å². The lowest BCUT2D eigenvalue weighted by molar-refractivity contribution is -0.145. The number of carbonyl (C=O) groups is 5. The van der Waals surface area contributed by atoms with Crippen LogP contribution in [-0.2, 0) is 24.0 Å². The predicted octanol–water partition coefficient (Wildman–Crippen LogP) is -1.26. The molecule has 11 nitrogen and oxygen atoms in total. The Morgan fingerprint density at radius 1 is 1.06 bits per heavy atom. The minimum atomic E-state index is -1.47. The minimum absolute atomic E-state index is 0.300. The van der Waals surface area contributed by atoms with Crippen LogP contribution in [0.3, 0.4) is 0 Å². The van der Waals surface area contributed by atoms with E-state index in [1.807, 2.05) is 12.5 Å². The van der Waals surface area contributed by atoms with Crippen LogP contribution in [0.25, 0.3) is 0 Å². The van der Waals surface area contributed by atoms with E-state index in [0.29, 0.717) is 43.7 Å². The number of amides is 4. The van der Waals surface area contributed by atoms with Gasteiger partial charge >= 0.3 is 5.97 Å². The zero-order valence-corrected chi connectivity index (χ0v) is 20.0. The number of aliphatic carboxylic acids is 1. The summed E-state index contributed by atoms with van der Waals surface area (Å²) in [4.78, 5) is 62.2. The summed E-state index contributed by atoms with van der Waals surface area (Å²) >= 11 is 3.09. The molecule has 1 saturated heterocycles. The van der Waals surface area contributed by atoms with Gasteiger partial charge in [0.05, 0.1) is 12.5 Å². The van der Waals surface area contributed by atoms with Crippen molar-refractivity contribution in [3.8, 4) is 0 Å². The molecule has 13 heteroatoms. The number of carbonyl (C=O) groups excluding carboxylic acids is 4. The zero-order valence-electron chi connectivity index (χ0n) is 18.4. The molecule has 0 aliphatic carbocycles. The average molecular weight is 492 g/mol. The fourth-order valence-electron chi connectivity index (χ4n) is 3.32. The lowest BCUT2D eigenvalue weighted by Gasteiger charge is -2.30. The third-order valence-corrected chi connectivity index (χ3v) is 6.34. The molecule has 1 aliphatic heterocycles. The number of primary amides is 1. The summed E-state index contributed by atoms with van der Waals surface area (Å²) in [7, 11) is 0. The lowest BCUT2D eigenvalue weighted by atomic mass is 10.1. The van der Waals surface area contributed by atoms with E-state index in [2.05, 4.69) is 10.6 Å². The second-order valence-corrected chi connectivity index (χ2v) is 9.46. The van der Waals surface area contributed by atoms with Crippen molar-refractivity contribution in [2.75, 3.05) is 30.6 Å². The fourth-order valence-corrected chi connectivity index (χ4v) is 4.28. The molecule has 0 aromatic rings. The molecule has 7 N–H and O–H groups in total. The molecule has 1 heterocycles. The Kier molecular flexibility index (Phi) is 12.5. The van der Waals surface area contributed by atoms with Crippen molar-refractivity contribution in [3.05, 3.63) is 0 Å². The van der Waals surface area contributed by atoms with Crippen LogP contribution in [-0.4, -0.2) is 94.3 Å². The Morgan fingerprint density at radius 3 is 2.25 bits per heavy atom. The third kappa shape index (κ3) is 8.87. The lowest BCUT2D eigenvalue weighted by Crippen LogP contribution is -2.57. The van der Waals surface area contributed by atoms with Gasteiger partial charge in [-0.2, -0.15) is 23.5 Å². The SMILES string of the molecule is CSCCC(N)C(=O)NC(CCSC)C(=O)N1CCCC1C(=O)NC(CC(N)=O)C(=O)O. The molecular weight excluding hydrogens is 458 g/mol. The number of likely N-dealkylation sites (tertiary alicyclic amines) is 1. The van der Waals surface area contributed by atoms with Crippen molar-refractivity contribution in [1.29, 1.82) is 0 Å². The molecule has 1 aliphatic rings. The molecular formula is C19H33N5O6S2. The maximum atomic E-state index is 13.2. The summed E-state index contributed by atoms with van der Waals surface area (Å²) in [6.45, 7) is 0.300. The molecule has 0 radical (unpaired) electrons. The van der Waals surface area contributed by atoms with Crippen LogP contribution in [0.15, 0.2) is 0 Å². The molecule has 0 aromatic heterocycles. The number of nitrogens with two attached hydrogens (primary N) is 2. The van der Waals surface area contributed by atoms with Crippen molar-refractivity contribution in [2.45, 2.75) is 56.3 Å². The standard InChI is InChI=1S/C19H33N5O6S2/c1-31-8-5-11(20)16(26)22-12(6-9-32-2)18(28)24-7-3-4-14(24)17(27)23-13(19(29)30)10-15(21)25/h11-14H,3-10,20H2,1-2H3,(H2,21,25)(H,22,26)(H,23,27)(H,29,30). The van der Waals surface area contributed by atoms with Crippen LogP contribution in [0.4, 0.5) is 0 Å². The van der Waals surface area contributed by atoms with Gasteiger partial charge in [0.1, 0.15) is 18.1 Å². The van der Waals surface area contributed by atoms with Gasteiger partial charge in [-0.25, -0.2) is 4.79 Å². The van der Waals surface area contributed by atoms with Gasteiger partial charge in [0.15, 0.2) is 0 Å². The maximum absolute atomic E-state index is 13.2. The Labute approximate surface area is 196 Å². The first-order valence-corrected chi connectivity index (χ1v) is 13.1. The normalized spacial score (nSPS) is 18.5. The van der Waals surface area contributed by atoms with E-state index in [9.17, 15) is 29.1 Å². The highest BCUT2D eigenvalue weighted by Crippen LogP contribution is 2.20. The van der Waals surface area contributed by atoms with Gasteiger partial charge < -0.3 is 32.1 Å². The van der Waals surface area contributed by atoms with Gasteiger partial charge in [-0.05, 0) is 49.7 Å². The second-order valence-electron chi connectivity index (χ2n) is 7.49. The van der Waals surface area contributed by atoms with E-state index >= 15 is 0 Å². The van der Waals surface area contributed by atoms with Gasteiger partial charge in [0.2, 0.25) is 23.6 Å². The third-order valence-electron chi connectivity index (χ3n) is 5.05. The Bertz CT molecular complexity index is 695. The first-order chi connectivity index (χ1) is 15.1. The van der Waals surface area contributed by atoms with Crippen LogP contribution < -0.4 is 22.1 Å². The van der Waals surface area contributed by atoms with Gasteiger partial charge in [-0.15, -0.1) is 0 Å². The fraction of sp³-hybridized carbons (Fsp3) is 0.737. The van der Waals surface area contributed by atoms with Crippen molar-refractivity contribution >= 4 is 53.1 Å². The number of nitrogens with zero attached hydrogens (tertiary/aromatic N) is 1. The number of carboxylic acid groups (broad SMARTS) is 1. The summed E-state index contributed by atoms with van der Waals surface area (Å²) in [6.07, 6.45) is 4.97. The number of rotatable bonds is 14. The first kappa shape index (κ1) is 28.0. The number of carboxylic acids is 1. The van der Waals surface area contributed by atoms with Crippen molar-refractivity contribution in [2.24, 2.45) is 11.5 Å². The molecule has 0 bridgehead atoms. The topological polar surface area (TPSA) is 185 Å². The Morgan fingerprint density at radius 2 is 1.69 bits per heavy atom. The molecule has 0 saturated carbocycles. The zero-order chi connectivity index (χ0) is 24.3.